The minimum atomic E-state index is -0.315. The van der Waals surface area contributed by atoms with Gasteiger partial charge >= 0.3 is 6.03 Å². The first-order valence-electron chi connectivity index (χ1n) is 9.31. The first kappa shape index (κ1) is 19.7. The lowest BCUT2D eigenvalue weighted by molar-refractivity contribution is 0.0749. The van der Waals surface area contributed by atoms with E-state index < -0.39 is 0 Å². The van der Waals surface area contributed by atoms with Gasteiger partial charge in [0.15, 0.2) is 0 Å². The molecule has 0 radical (unpaired) electrons. The highest BCUT2D eigenvalue weighted by Crippen LogP contribution is 2.18. The molecule has 0 saturated carbocycles. The molecule has 0 bridgehead atoms. The van der Waals surface area contributed by atoms with E-state index in [0.29, 0.717) is 38.5 Å². The van der Waals surface area contributed by atoms with E-state index in [1.54, 1.807) is 9.80 Å². The molecule has 1 aliphatic rings. The van der Waals surface area contributed by atoms with Crippen LogP contribution in [0.4, 0.5) is 10.5 Å². The highest BCUT2D eigenvalue weighted by atomic mass is 16.6. The number of carbonyl (C=O) groups excluding carboxylic acids is 2. The highest BCUT2D eigenvalue weighted by molar-refractivity contribution is 5.94. The molecule has 1 N–H and O–H groups in total. The van der Waals surface area contributed by atoms with Crippen molar-refractivity contribution in [1.29, 1.82) is 0 Å². The molecule has 1 aromatic heterocycles. The molecule has 1 aliphatic heterocycles. The van der Waals surface area contributed by atoms with Crippen LogP contribution in [0.1, 0.15) is 42.2 Å². The number of nitrogens with zero attached hydrogens (tertiary/aromatic N) is 4. The molecule has 0 atom stereocenters. The lowest BCUT2D eigenvalue weighted by Crippen LogP contribution is -2.39. The van der Waals surface area contributed by atoms with E-state index in [1.807, 2.05) is 24.3 Å². The second-order valence-corrected chi connectivity index (χ2v) is 6.96. The Morgan fingerprint density at radius 2 is 1.75 bits per heavy atom. The van der Waals surface area contributed by atoms with E-state index >= 15 is 0 Å². The van der Waals surface area contributed by atoms with Crippen molar-refractivity contribution in [2.75, 3.05) is 38.6 Å². The summed E-state index contributed by atoms with van der Waals surface area (Å²) in [7, 11) is 1.40. The van der Waals surface area contributed by atoms with Crippen LogP contribution in [0.25, 0.3) is 0 Å². The maximum atomic E-state index is 12.6. The third-order valence-electron chi connectivity index (χ3n) is 4.75. The Bertz CT molecular complexity index is 818. The molecule has 0 spiro atoms. The maximum absolute atomic E-state index is 12.6. The van der Waals surface area contributed by atoms with E-state index in [9.17, 15) is 9.59 Å². The molecule has 0 unspecified atom stereocenters. The number of rotatable bonds is 4. The Morgan fingerprint density at radius 1 is 1.07 bits per heavy atom. The van der Waals surface area contributed by atoms with Gasteiger partial charge in [-0.05, 0) is 40.3 Å². The fraction of sp³-hybridized carbons (Fsp3) is 0.474. The smallest absolute Gasteiger partial charge is 0.321 e. The van der Waals surface area contributed by atoms with Crippen molar-refractivity contribution in [3.05, 3.63) is 35.5 Å². The zero-order valence-electron chi connectivity index (χ0n) is 16.3. The molecule has 28 heavy (non-hydrogen) atoms. The van der Waals surface area contributed by atoms with Gasteiger partial charge in [-0.25, -0.2) is 9.42 Å². The van der Waals surface area contributed by atoms with Crippen molar-refractivity contribution in [2.45, 2.75) is 26.2 Å². The average Bonchev–Trinajstić information content (AvgIpc) is 3.03. The molecule has 1 saturated heterocycles. The standard InChI is InChI=1S/C19H25N5O4/c1-13(2)14-5-7-15(8-6-14)20-19(26)24-10-4-9-23(11-12-24)18(25)16-17(27-3)22-28-21-16/h5-8,13H,4,9-12H2,1-3H3,(H,20,26). The van der Waals surface area contributed by atoms with Crippen molar-refractivity contribution < 1.29 is 19.0 Å². The normalized spacial score (nSPS) is 14.7. The number of carbonyl (C=O) groups is 2. The molecule has 2 heterocycles. The van der Waals surface area contributed by atoms with Gasteiger partial charge in [-0.15, -0.1) is 0 Å². The summed E-state index contributed by atoms with van der Waals surface area (Å²) in [5.74, 6) is 0.191. The number of nitrogens with one attached hydrogen (secondary N) is 1. The minimum absolute atomic E-state index is 0.0469. The summed E-state index contributed by atoms with van der Waals surface area (Å²) in [5.41, 5.74) is 2.02. The highest BCUT2D eigenvalue weighted by Gasteiger charge is 2.27. The first-order chi connectivity index (χ1) is 13.5. The molecule has 1 aromatic carbocycles. The van der Waals surface area contributed by atoms with Gasteiger partial charge < -0.3 is 19.9 Å². The number of urea groups is 1. The van der Waals surface area contributed by atoms with Crippen LogP contribution >= 0.6 is 0 Å². The van der Waals surface area contributed by atoms with Crippen LogP contribution in [0, 0.1) is 0 Å². The molecule has 150 valence electrons. The number of hydrogen-bond acceptors (Lipinski definition) is 6. The van der Waals surface area contributed by atoms with E-state index in [1.165, 1.54) is 12.7 Å². The Morgan fingerprint density at radius 3 is 2.43 bits per heavy atom. The summed E-state index contributed by atoms with van der Waals surface area (Å²) in [5, 5.41) is 10.1. The second-order valence-electron chi connectivity index (χ2n) is 6.96. The third kappa shape index (κ3) is 4.41. The average molecular weight is 387 g/mol. The summed E-state index contributed by atoms with van der Waals surface area (Å²) < 4.78 is 9.57. The molecule has 3 amide bonds. The summed E-state index contributed by atoms with van der Waals surface area (Å²) in [6, 6.07) is 7.67. The molecular formula is C19H25N5O4. The zero-order valence-corrected chi connectivity index (χ0v) is 16.3. The second kappa shape index (κ2) is 8.73. The van der Waals surface area contributed by atoms with Crippen molar-refractivity contribution in [3.8, 4) is 5.88 Å². The Hall–Kier alpha value is -3.10. The largest absolute Gasteiger partial charge is 0.477 e. The van der Waals surface area contributed by atoms with Gasteiger partial charge in [0.25, 0.3) is 11.8 Å². The number of aromatic nitrogens is 2. The van der Waals surface area contributed by atoms with Gasteiger partial charge in [0.1, 0.15) is 0 Å². The Balaban J connectivity index is 1.58. The Labute approximate surface area is 163 Å². The van der Waals surface area contributed by atoms with Gasteiger partial charge in [0.05, 0.1) is 7.11 Å². The number of methoxy groups -OCH3 is 1. The number of hydrogen-bond donors (Lipinski definition) is 1. The van der Waals surface area contributed by atoms with Crippen LogP contribution in [-0.2, 0) is 0 Å². The maximum Gasteiger partial charge on any atom is 0.321 e. The number of benzene rings is 1. The fourth-order valence-corrected chi connectivity index (χ4v) is 3.07. The molecule has 9 heteroatoms. The lowest BCUT2D eigenvalue weighted by Gasteiger charge is -2.22. The van der Waals surface area contributed by atoms with Crippen LogP contribution in [-0.4, -0.2) is 65.3 Å². The SMILES string of the molecule is COc1nonc1C(=O)N1CCCN(C(=O)Nc2ccc(C(C)C)cc2)CC1. The summed E-state index contributed by atoms with van der Waals surface area (Å²) in [4.78, 5) is 28.6. The van der Waals surface area contributed by atoms with Crippen molar-refractivity contribution >= 4 is 17.6 Å². The van der Waals surface area contributed by atoms with Crippen molar-refractivity contribution in [1.82, 2.24) is 20.1 Å². The third-order valence-corrected chi connectivity index (χ3v) is 4.75. The zero-order chi connectivity index (χ0) is 20.1. The summed E-state index contributed by atoms with van der Waals surface area (Å²) >= 11 is 0. The number of ether oxygens (including phenoxy) is 1. The molecule has 1 fully saturated rings. The molecule has 3 rings (SSSR count). The van der Waals surface area contributed by atoms with Gasteiger partial charge in [-0.3, -0.25) is 4.79 Å². The minimum Gasteiger partial charge on any atom is -0.477 e. The van der Waals surface area contributed by atoms with E-state index in [2.05, 4.69) is 34.1 Å². The van der Waals surface area contributed by atoms with Gasteiger partial charge in [-0.1, -0.05) is 26.0 Å². The monoisotopic (exact) mass is 387 g/mol. The quantitative estimate of drug-likeness (QED) is 0.865. The predicted octanol–water partition coefficient (Wildman–Crippen LogP) is 2.58. The van der Waals surface area contributed by atoms with Gasteiger partial charge in [-0.2, -0.15) is 0 Å². The number of amides is 3. The van der Waals surface area contributed by atoms with Crippen LogP contribution in [0.15, 0.2) is 28.9 Å². The van der Waals surface area contributed by atoms with Crippen LogP contribution in [0.3, 0.4) is 0 Å². The molecule has 2 aromatic rings. The molecule has 0 aliphatic carbocycles. The van der Waals surface area contributed by atoms with E-state index in [-0.39, 0.29) is 23.5 Å². The van der Waals surface area contributed by atoms with Crippen LogP contribution < -0.4 is 10.1 Å². The van der Waals surface area contributed by atoms with Crippen LogP contribution in [0.5, 0.6) is 5.88 Å². The molecule has 9 nitrogen and oxygen atoms in total. The van der Waals surface area contributed by atoms with Crippen molar-refractivity contribution in [2.24, 2.45) is 0 Å². The molecular weight excluding hydrogens is 362 g/mol. The topological polar surface area (TPSA) is 101 Å². The first-order valence-corrected chi connectivity index (χ1v) is 9.31. The van der Waals surface area contributed by atoms with Gasteiger partial charge in [0, 0.05) is 31.9 Å². The van der Waals surface area contributed by atoms with Crippen LogP contribution in [0.2, 0.25) is 0 Å². The van der Waals surface area contributed by atoms with Crippen molar-refractivity contribution in [3.63, 3.8) is 0 Å². The number of anilines is 1. The Kier molecular flexibility index (Phi) is 6.13. The van der Waals surface area contributed by atoms with E-state index in [0.717, 1.165) is 5.69 Å². The summed E-state index contributed by atoms with van der Waals surface area (Å²) in [6.45, 7) is 6.16. The predicted molar refractivity (Wildman–Crippen MR) is 102 cm³/mol. The van der Waals surface area contributed by atoms with Gasteiger partial charge in [0.2, 0.25) is 5.69 Å². The lowest BCUT2D eigenvalue weighted by atomic mass is 10.0. The summed E-state index contributed by atoms with van der Waals surface area (Å²) in [6.07, 6.45) is 0.666. The van der Waals surface area contributed by atoms with E-state index in [4.69, 9.17) is 4.74 Å². The fourth-order valence-electron chi connectivity index (χ4n) is 3.07.